The number of hydrogen-bond donors (Lipinski definition) is 1. The van der Waals surface area contributed by atoms with Crippen LogP contribution in [0.1, 0.15) is 28.1 Å². The Morgan fingerprint density at radius 2 is 1.97 bits per heavy atom. The summed E-state index contributed by atoms with van der Waals surface area (Å²) in [7, 11) is 0. The molecule has 1 unspecified atom stereocenters. The minimum Gasteiger partial charge on any atom is -0.337 e. The van der Waals surface area contributed by atoms with Crippen LogP contribution in [0.2, 0.25) is 0 Å². The molecule has 1 aromatic carbocycles. The molecule has 4 heterocycles. The maximum atomic E-state index is 13.2. The zero-order valence-corrected chi connectivity index (χ0v) is 19.2. The first-order valence-corrected chi connectivity index (χ1v) is 12.2. The summed E-state index contributed by atoms with van der Waals surface area (Å²) in [6, 6.07) is 15.6. The number of amides is 2. The molecule has 162 valence electrons. The van der Waals surface area contributed by atoms with Gasteiger partial charge in [0.15, 0.2) is 0 Å². The molecule has 0 aliphatic carbocycles. The molecule has 5 rings (SSSR count). The molecule has 6 nitrogen and oxygen atoms in total. The van der Waals surface area contributed by atoms with Crippen LogP contribution in [0.25, 0.3) is 20.1 Å². The van der Waals surface area contributed by atoms with E-state index < -0.39 is 0 Å². The molecule has 0 radical (unpaired) electrons. The second-order valence-electron chi connectivity index (χ2n) is 7.90. The smallest absolute Gasteiger partial charge is 0.263 e. The third-order valence-corrected chi connectivity index (χ3v) is 7.93. The topological polar surface area (TPSA) is 75.2 Å². The minimum atomic E-state index is -0.238. The fourth-order valence-electron chi connectivity index (χ4n) is 3.91. The van der Waals surface area contributed by atoms with E-state index in [1.54, 1.807) is 22.4 Å². The number of thiazole rings is 1. The molecule has 3 aromatic heterocycles. The molecule has 1 aliphatic rings. The lowest BCUT2D eigenvalue weighted by atomic mass is 9.97. The number of pyridine rings is 1. The fraction of sp³-hybridized carbons (Fsp3) is 0.250. The summed E-state index contributed by atoms with van der Waals surface area (Å²) in [6.45, 7) is 3.00. The van der Waals surface area contributed by atoms with E-state index in [1.807, 2.05) is 49.4 Å². The second-order valence-corrected chi connectivity index (χ2v) is 10.0. The Bertz CT molecular complexity index is 1260. The molecule has 32 heavy (non-hydrogen) atoms. The van der Waals surface area contributed by atoms with E-state index in [0.717, 1.165) is 38.5 Å². The van der Waals surface area contributed by atoms with E-state index >= 15 is 0 Å². The van der Waals surface area contributed by atoms with Crippen LogP contribution in [0.4, 0.5) is 5.82 Å². The van der Waals surface area contributed by atoms with Gasteiger partial charge in [-0.1, -0.05) is 18.2 Å². The first-order chi connectivity index (χ1) is 15.6. The predicted molar refractivity (Wildman–Crippen MR) is 129 cm³/mol. The Morgan fingerprint density at radius 1 is 1.09 bits per heavy atom. The van der Waals surface area contributed by atoms with Gasteiger partial charge < -0.3 is 10.2 Å². The second kappa shape index (κ2) is 8.80. The van der Waals surface area contributed by atoms with Crippen LogP contribution in [0.15, 0.2) is 54.7 Å². The van der Waals surface area contributed by atoms with Gasteiger partial charge in [-0.25, -0.2) is 9.97 Å². The molecular weight excluding hydrogens is 440 g/mol. The van der Waals surface area contributed by atoms with Crippen LogP contribution in [-0.4, -0.2) is 39.8 Å². The van der Waals surface area contributed by atoms with E-state index in [-0.39, 0.29) is 17.7 Å². The summed E-state index contributed by atoms with van der Waals surface area (Å²) in [5.74, 6) is 0.247. The van der Waals surface area contributed by atoms with E-state index in [2.05, 4.69) is 16.4 Å². The third kappa shape index (κ3) is 4.16. The molecule has 1 fully saturated rings. The van der Waals surface area contributed by atoms with Crippen molar-refractivity contribution in [1.29, 1.82) is 0 Å². The zero-order valence-electron chi connectivity index (χ0n) is 17.6. The van der Waals surface area contributed by atoms with E-state index in [1.165, 1.54) is 11.3 Å². The quantitative estimate of drug-likeness (QED) is 0.451. The number of hydrogen-bond acceptors (Lipinski definition) is 6. The van der Waals surface area contributed by atoms with Crippen LogP contribution >= 0.6 is 22.7 Å². The third-order valence-electron chi connectivity index (χ3n) is 5.65. The Labute approximate surface area is 193 Å². The van der Waals surface area contributed by atoms with Crippen LogP contribution in [0, 0.1) is 12.8 Å². The number of fused-ring (bicyclic) bond motifs is 1. The van der Waals surface area contributed by atoms with E-state index in [9.17, 15) is 9.59 Å². The van der Waals surface area contributed by atoms with Gasteiger partial charge in [0.2, 0.25) is 5.91 Å². The summed E-state index contributed by atoms with van der Waals surface area (Å²) in [5.41, 5.74) is 1.90. The number of carbonyl (C=O) groups is 2. The molecule has 1 saturated heterocycles. The first-order valence-electron chi connectivity index (χ1n) is 10.6. The van der Waals surface area contributed by atoms with Gasteiger partial charge in [-0.15, -0.1) is 22.7 Å². The number of rotatable bonds is 4. The number of aromatic nitrogens is 2. The van der Waals surface area contributed by atoms with Crippen molar-refractivity contribution in [2.75, 3.05) is 18.4 Å². The Hall–Kier alpha value is -3.10. The van der Waals surface area contributed by atoms with Gasteiger partial charge in [0.25, 0.3) is 5.91 Å². The maximum Gasteiger partial charge on any atom is 0.263 e. The summed E-state index contributed by atoms with van der Waals surface area (Å²) < 4.78 is 1.14. The highest BCUT2D eigenvalue weighted by atomic mass is 32.1. The minimum absolute atomic E-state index is 0.0196. The van der Waals surface area contributed by atoms with Gasteiger partial charge >= 0.3 is 0 Å². The van der Waals surface area contributed by atoms with Gasteiger partial charge in [0.05, 0.1) is 25.9 Å². The van der Waals surface area contributed by atoms with Crippen LogP contribution in [0.5, 0.6) is 0 Å². The van der Waals surface area contributed by atoms with Gasteiger partial charge in [0.1, 0.15) is 10.8 Å². The van der Waals surface area contributed by atoms with Gasteiger partial charge in [-0.2, -0.15) is 0 Å². The summed E-state index contributed by atoms with van der Waals surface area (Å²) in [5, 5.41) is 3.85. The number of nitrogens with zero attached hydrogens (tertiary/aromatic N) is 3. The number of para-hydroxylation sites is 1. The van der Waals surface area contributed by atoms with Crippen molar-refractivity contribution in [2.24, 2.45) is 5.92 Å². The molecule has 8 heteroatoms. The molecular formula is C24H22N4O2S2. The number of benzene rings is 1. The number of thiophene rings is 1. The molecule has 1 atom stereocenters. The fourth-order valence-corrected chi connectivity index (χ4v) is 5.91. The van der Waals surface area contributed by atoms with Crippen molar-refractivity contribution >= 4 is 50.5 Å². The first kappa shape index (κ1) is 20.8. The number of nitrogens with one attached hydrogen (secondary N) is 1. The van der Waals surface area contributed by atoms with Crippen molar-refractivity contribution in [3.63, 3.8) is 0 Å². The Morgan fingerprint density at radius 3 is 2.81 bits per heavy atom. The van der Waals surface area contributed by atoms with Crippen LogP contribution < -0.4 is 5.32 Å². The van der Waals surface area contributed by atoms with Gasteiger partial charge in [0, 0.05) is 19.3 Å². The molecule has 0 bridgehead atoms. The van der Waals surface area contributed by atoms with Crippen molar-refractivity contribution in [3.05, 3.63) is 65.2 Å². The number of carbonyl (C=O) groups excluding carboxylic acids is 2. The normalized spacial score (nSPS) is 16.3. The highest BCUT2D eigenvalue weighted by Crippen LogP contribution is 2.35. The van der Waals surface area contributed by atoms with E-state index in [0.29, 0.717) is 23.8 Å². The number of piperidine rings is 1. The predicted octanol–water partition coefficient (Wildman–Crippen LogP) is 5.22. The zero-order chi connectivity index (χ0) is 22.1. The highest BCUT2D eigenvalue weighted by molar-refractivity contribution is 7.26. The molecule has 0 saturated carbocycles. The number of anilines is 1. The lowest BCUT2D eigenvalue weighted by Crippen LogP contribution is -2.43. The summed E-state index contributed by atoms with van der Waals surface area (Å²) in [4.78, 5) is 38.4. The average Bonchev–Trinajstić information content (AvgIpc) is 3.47. The lowest BCUT2D eigenvalue weighted by Gasteiger charge is -2.31. The van der Waals surface area contributed by atoms with Crippen molar-refractivity contribution in [1.82, 2.24) is 14.9 Å². The van der Waals surface area contributed by atoms with Crippen LogP contribution in [0.3, 0.4) is 0 Å². The van der Waals surface area contributed by atoms with Crippen molar-refractivity contribution < 1.29 is 9.59 Å². The largest absolute Gasteiger partial charge is 0.337 e. The van der Waals surface area contributed by atoms with Crippen molar-refractivity contribution in [2.45, 2.75) is 19.8 Å². The SMILES string of the molecule is Cc1cccnc1NC(=O)C1CCCN(C(=O)c2ccc(-c3nc4ccccc4s3)s2)C1. The summed E-state index contributed by atoms with van der Waals surface area (Å²) in [6.07, 6.45) is 3.24. The Balaban J connectivity index is 1.28. The molecule has 4 aromatic rings. The van der Waals surface area contributed by atoms with Gasteiger partial charge in [-0.3, -0.25) is 9.59 Å². The average molecular weight is 463 g/mol. The summed E-state index contributed by atoms with van der Waals surface area (Å²) >= 11 is 3.10. The lowest BCUT2D eigenvalue weighted by molar-refractivity contribution is -0.121. The molecule has 1 aliphatic heterocycles. The number of aryl methyl sites for hydroxylation is 1. The van der Waals surface area contributed by atoms with Gasteiger partial charge in [-0.05, 0) is 55.7 Å². The van der Waals surface area contributed by atoms with Crippen LogP contribution in [-0.2, 0) is 4.79 Å². The molecule has 0 spiro atoms. The highest BCUT2D eigenvalue weighted by Gasteiger charge is 2.30. The maximum absolute atomic E-state index is 13.2. The van der Waals surface area contributed by atoms with E-state index in [4.69, 9.17) is 4.98 Å². The number of likely N-dealkylation sites (tertiary alicyclic amines) is 1. The standard InChI is InChI=1S/C24H22N4O2S2/c1-15-6-4-12-25-21(15)27-22(29)16-7-5-13-28(14-16)24(30)20-11-10-19(31-20)23-26-17-8-2-3-9-18(17)32-23/h2-4,6,8-12,16H,5,7,13-14H2,1H3,(H,25,27,29). The monoisotopic (exact) mass is 462 g/mol. The molecule has 1 N–H and O–H groups in total. The molecule has 2 amide bonds. The van der Waals surface area contributed by atoms with Crippen molar-refractivity contribution in [3.8, 4) is 9.88 Å². The Kier molecular flexibility index (Phi) is 5.71.